The summed E-state index contributed by atoms with van der Waals surface area (Å²) in [6.07, 6.45) is 4.97. The van der Waals surface area contributed by atoms with Crippen molar-refractivity contribution in [1.82, 2.24) is 15.0 Å². The fourth-order valence-corrected chi connectivity index (χ4v) is 1.98. The summed E-state index contributed by atoms with van der Waals surface area (Å²) >= 11 is 0. The van der Waals surface area contributed by atoms with Crippen molar-refractivity contribution in [2.45, 2.75) is 25.7 Å². The van der Waals surface area contributed by atoms with Gasteiger partial charge in [0.05, 0.1) is 0 Å². The van der Waals surface area contributed by atoms with Crippen LogP contribution in [0.2, 0.25) is 0 Å². The summed E-state index contributed by atoms with van der Waals surface area (Å²) in [4.78, 5) is 16.8. The van der Waals surface area contributed by atoms with E-state index >= 15 is 0 Å². The molecule has 1 aromatic rings. The smallest absolute Gasteiger partial charge is 0.231 e. The monoisotopic (exact) mass is 236 g/mol. The summed E-state index contributed by atoms with van der Waals surface area (Å²) in [7, 11) is 3.81. The van der Waals surface area contributed by atoms with E-state index in [-0.39, 0.29) is 0 Å². The molecule has 0 saturated carbocycles. The van der Waals surface area contributed by atoms with E-state index in [0.717, 1.165) is 13.1 Å². The number of nitrogens with zero attached hydrogens (tertiary/aromatic N) is 5. The molecule has 6 nitrogen and oxygen atoms in total. The second-order valence-electron chi connectivity index (χ2n) is 4.59. The molecule has 0 aliphatic carbocycles. The molecule has 17 heavy (non-hydrogen) atoms. The molecule has 0 bridgehead atoms. The Morgan fingerprint density at radius 2 is 1.65 bits per heavy atom. The van der Waals surface area contributed by atoms with Gasteiger partial charge < -0.3 is 15.5 Å². The van der Waals surface area contributed by atoms with Crippen molar-refractivity contribution in [2.24, 2.45) is 0 Å². The highest BCUT2D eigenvalue weighted by Gasteiger charge is 2.15. The summed E-state index contributed by atoms with van der Waals surface area (Å²) in [5, 5.41) is 0. The molecule has 1 aliphatic rings. The van der Waals surface area contributed by atoms with Gasteiger partial charge >= 0.3 is 0 Å². The van der Waals surface area contributed by atoms with Gasteiger partial charge in [0.2, 0.25) is 17.8 Å². The summed E-state index contributed by atoms with van der Waals surface area (Å²) in [6, 6.07) is 0. The average molecular weight is 236 g/mol. The Balaban J connectivity index is 2.23. The Morgan fingerprint density at radius 1 is 1.00 bits per heavy atom. The van der Waals surface area contributed by atoms with Crippen LogP contribution in [0.3, 0.4) is 0 Å². The van der Waals surface area contributed by atoms with Crippen LogP contribution in [-0.2, 0) is 0 Å². The van der Waals surface area contributed by atoms with Crippen molar-refractivity contribution < 1.29 is 0 Å². The fraction of sp³-hybridized carbons (Fsp3) is 0.727. The van der Waals surface area contributed by atoms with Gasteiger partial charge in [-0.1, -0.05) is 12.8 Å². The Bertz CT molecular complexity index is 370. The fourth-order valence-electron chi connectivity index (χ4n) is 1.98. The summed E-state index contributed by atoms with van der Waals surface area (Å²) in [6.45, 7) is 2.02. The van der Waals surface area contributed by atoms with E-state index in [2.05, 4.69) is 19.9 Å². The minimum atomic E-state index is 0.294. The van der Waals surface area contributed by atoms with Crippen LogP contribution >= 0.6 is 0 Å². The number of anilines is 3. The van der Waals surface area contributed by atoms with Crippen LogP contribution in [0.25, 0.3) is 0 Å². The van der Waals surface area contributed by atoms with Crippen molar-refractivity contribution >= 4 is 17.8 Å². The number of nitrogens with two attached hydrogens (primary N) is 1. The maximum Gasteiger partial charge on any atom is 0.231 e. The number of hydrogen-bond acceptors (Lipinski definition) is 6. The van der Waals surface area contributed by atoms with E-state index in [0.29, 0.717) is 17.8 Å². The molecule has 1 saturated heterocycles. The largest absolute Gasteiger partial charge is 0.368 e. The van der Waals surface area contributed by atoms with Crippen LogP contribution < -0.4 is 15.5 Å². The van der Waals surface area contributed by atoms with E-state index in [1.54, 1.807) is 0 Å². The van der Waals surface area contributed by atoms with Gasteiger partial charge in [0, 0.05) is 27.2 Å². The second-order valence-corrected chi connectivity index (χ2v) is 4.59. The number of nitrogen functional groups attached to an aromatic ring is 1. The second kappa shape index (κ2) is 5.16. The van der Waals surface area contributed by atoms with E-state index < -0.39 is 0 Å². The predicted octanol–water partition coefficient (Wildman–Crippen LogP) is 0.900. The molecular weight excluding hydrogens is 216 g/mol. The Hall–Kier alpha value is -1.59. The molecule has 0 atom stereocenters. The van der Waals surface area contributed by atoms with Crippen molar-refractivity contribution in [2.75, 3.05) is 42.7 Å². The van der Waals surface area contributed by atoms with Crippen LogP contribution in [-0.4, -0.2) is 42.1 Å². The third-order valence-electron chi connectivity index (χ3n) is 2.92. The molecule has 2 N–H and O–H groups in total. The van der Waals surface area contributed by atoms with Crippen LogP contribution in [0.1, 0.15) is 25.7 Å². The summed E-state index contributed by atoms with van der Waals surface area (Å²) in [5.41, 5.74) is 5.73. The Kier molecular flexibility index (Phi) is 3.61. The minimum absolute atomic E-state index is 0.294. The van der Waals surface area contributed by atoms with Crippen molar-refractivity contribution in [1.29, 1.82) is 0 Å². The quantitative estimate of drug-likeness (QED) is 0.822. The lowest BCUT2D eigenvalue weighted by Crippen LogP contribution is -2.27. The lowest BCUT2D eigenvalue weighted by atomic mass is 10.2. The molecule has 94 valence electrons. The third-order valence-corrected chi connectivity index (χ3v) is 2.92. The van der Waals surface area contributed by atoms with Gasteiger partial charge in [-0.25, -0.2) is 0 Å². The van der Waals surface area contributed by atoms with Crippen LogP contribution in [0.4, 0.5) is 17.8 Å². The predicted molar refractivity (Wildman–Crippen MR) is 69.2 cm³/mol. The van der Waals surface area contributed by atoms with Gasteiger partial charge in [-0.2, -0.15) is 15.0 Å². The number of aromatic nitrogens is 3. The van der Waals surface area contributed by atoms with Crippen molar-refractivity contribution in [3.8, 4) is 0 Å². The molecule has 6 heteroatoms. The zero-order valence-electron chi connectivity index (χ0n) is 10.6. The standard InChI is InChI=1S/C11H20N6/c1-16(2)10-13-9(12)14-11(15-10)17-7-5-3-4-6-8-17/h3-8H2,1-2H3,(H2,12,13,14,15). The maximum atomic E-state index is 5.73. The Labute approximate surface area is 102 Å². The number of rotatable bonds is 2. The SMILES string of the molecule is CN(C)c1nc(N)nc(N2CCCCCC2)n1. The molecule has 0 unspecified atom stereocenters. The molecule has 0 spiro atoms. The van der Waals surface area contributed by atoms with Gasteiger partial charge in [-0.15, -0.1) is 0 Å². The lowest BCUT2D eigenvalue weighted by Gasteiger charge is -2.21. The third kappa shape index (κ3) is 2.95. The first kappa shape index (κ1) is 11.9. The van der Waals surface area contributed by atoms with Gasteiger partial charge in [-0.3, -0.25) is 0 Å². The van der Waals surface area contributed by atoms with Crippen molar-refractivity contribution in [3.63, 3.8) is 0 Å². The Morgan fingerprint density at radius 3 is 2.24 bits per heavy atom. The number of hydrogen-bond donors (Lipinski definition) is 1. The molecule has 2 heterocycles. The highest BCUT2D eigenvalue weighted by molar-refractivity contribution is 5.42. The zero-order chi connectivity index (χ0) is 12.3. The maximum absolute atomic E-state index is 5.73. The molecule has 1 fully saturated rings. The van der Waals surface area contributed by atoms with E-state index in [4.69, 9.17) is 5.73 Å². The van der Waals surface area contributed by atoms with E-state index in [9.17, 15) is 0 Å². The van der Waals surface area contributed by atoms with E-state index in [1.807, 2.05) is 19.0 Å². The highest BCUT2D eigenvalue weighted by atomic mass is 15.3. The lowest BCUT2D eigenvalue weighted by molar-refractivity contribution is 0.726. The van der Waals surface area contributed by atoms with Crippen LogP contribution in [0, 0.1) is 0 Å². The van der Waals surface area contributed by atoms with Gasteiger partial charge in [0.1, 0.15) is 0 Å². The highest BCUT2D eigenvalue weighted by Crippen LogP contribution is 2.18. The molecule has 0 aromatic carbocycles. The van der Waals surface area contributed by atoms with Gasteiger partial charge in [0.15, 0.2) is 0 Å². The van der Waals surface area contributed by atoms with Crippen molar-refractivity contribution in [3.05, 3.63) is 0 Å². The van der Waals surface area contributed by atoms with Crippen LogP contribution in [0.5, 0.6) is 0 Å². The summed E-state index contributed by atoms with van der Waals surface area (Å²) in [5.74, 6) is 1.63. The van der Waals surface area contributed by atoms with Gasteiger partial charge in [0.25, 0.3) is 0 Å². The zero-order valence-corrected chi connectivity index (χ0v) is 10.6. The molecule has 1 aliphatic heterocycles. The van der Waals surface area contributed by atoms with Gasteiger partial charge in [-0.05, 0) is 12.8 Å². The average Bonchev–Trinajstić information content (AvgIpc) is 2.56. The molecule has 1 aromatic heterocycles. The first-order valence-corrected chi connectivity index (χ1v) is 6.10. The molecule has 0 radical (unpaired) electrons. The first-order valence-electron chi connectivity index (χ1n) is 6.10. The molecule has 0 amide bonds. The van der Waals surface area contributed by atoms with E-state index in [1.165, 1.54) is 25.7 Å². The first-order chi connectivity index (χ1) is 8.16. The minimum Gasteiger partial charge on any atom is -0.368 e. The summed E-state index contributed by atoms with van der Waals surface area (Å²) < 4.78 is 0. The molecule has 2 rings (SSSR count). The van der Waals surface area contributed by atoms with Crippen LogP contribution in [0.15, 0.2) is 0 Å². The normalized spacial score (nSPS) is 16.7. The molecular formula is C11H20N6. The topological polar surface area (TPSA) is 71.2 Å².